The van der Waals surface area contributed by atoms with Gasteiger partial charge in [0.15, 0.2) is 0 Å². The maximum absolute atomic E-state index is 12.2. The predicted octanol–water partition coefficient (Wildman–Crippen LogP) is 5.29. The molecule has 4 aromatic carbocycles. The van der Waals surface area contributed by atoms with E-state index in [0.29, 0.717) is 12.1 Å². The van der Waals surface area contributed by atoms with E-state index in [4.69, 9.17) is 0 Å². The molecule has 0 bridgehead atoms. The number of likely N-dealkylation sites (N-methyl/N-ethyl adjacent to an activating group) is 1. The van der Waals surface area contributed by atoms with Gasteiger partial charge in [-0.3, -0.25) is 4.79 Å². The lowest BCUT2D eigenvalue weighted by Gasteiger charge is -2.19. The van der Waals surface area contributed by atoms with Gasteiger partial charge in [-0.2, -0.15) is 0 Å². The van der Waals surface area contributed by atoms with Crippen LogP contribution in [-0.2, 0) is 13.0 Å². The number of carbonyl (C=O) groups is 1. The lowest BCUT2D eigenvalue weighted by Crippen LogP contribution is -2.32. The Balaban J connectivity index is 1.36. The zero-order valence-corrected chi connectivity index (χ0v) is 17.9. The van der Waals surface area contributed by atoms with Crippen molar-refractivity contribution in [2.45, 2.75) is 13.0 Å². The molecule has 0 unspecified atom stereocenters. The van der Waals surface area contributed by atoms with Crippen molar-refractivity contribution in [3.63, 3.8) is 0 Å². The molecule has 3 heteroatoms. The number of nitrogens with zero attached hydrogens (tertiary/aromatic N) is 1. The van der Waals surface area contributed by atoms with Crippen LogP contribution in [0.2, 0.25) is 0 Å². The fourth-order valence-corrected chi connectivity index (χ4v) is 3.87. The molecule has 0 atom stereocenters. The second kappa shape index (κ2) is 10.1. The Morgan fingerprint density at radius 3 is 2.26 bits per heavy atom. The number of hydrogen-bond acceptors (Lipinski definition) is 2. The van der Waals surface area contributed by atoms with Gasteiger partial charge in [-0.25, -0.2) is 0 Å². The fraction of sp³-hybridized carbons (Fsp3) is 0.179. The molecule has 156 valence electrons. The Labute approximate surface area is 184 Å². The first kappa shape index (κ1) is 20.8. The van der Waals surface area contributed by atoms with E-state index in [9.17, 15) is 4.79 Å². The van der Waals surface area contributed by atoms with E-state index in [2.05, 4.69) is 84.0 Å². The normalized spacial score (nSPS) is 11.0. The first-order valence-corrected chi connectivity index (χ1v) is 10.8. The third-order valence-corrected chi connectivity index (χ3v) is 5.58. The van der Waals surface area contributed by atoms with Crippen LogP contribution in [0.5, 0.6) is 0 Å². The Kier molecular flexibility index (Phi) is 6.75. The van der Waals surface area contributed by atoms with Crippen molar-refractivity contribution in [2.75, 3.05) is 20.1 Å². The summed E-state index contributed by atoms with van der Waals surface area (Å²) in [5.41, 5.74) is 4.69. The van der Waals surface area contributed by atoms with E-state index < -0.39 is 0 Å². The largest absolute Gasteiger partial charge is 0.351 e. The minimum atomic E-state index is -0.0225. The Bertz CT molecular complexity index is 1150. The number of fused-ring (bicyclic) bond motifs is 1. The van der Waals surface area contributed by atoms with Crippen LogP contribution in [0.15, 0.2) is 97.1 Å². The third-order valence-electron chi connectivity index (χ3n) is 5.58. The van der Waals surface area contributed by atoms with Crippen molar-refractivity contribution in [1.29, 1.82) is 0 Å². The standard InChI is InChI=1S/C28H28N2O/c1-30(18-17-29-28(31)24-10-3-2-4-11-24)21-27-14-8-7-13-26(27)20-22-15-16-23-9-5-6-12-25(23)19-22/h2-16,19H,17-18,20-21H2,1H3,(H,29,31). The molecule has 0 saturated carbocycles. The summed E-state index contributed by atoms with van der Waals surface area (Å²) >= 11 is 0. The van der Waals surface area contributed by atoms with Crippen LogP contribution < -0.4 is 5.32 Å². The topological polar surface area (TPSA) is 32.3 Å². The minimum Gasteiger partial charge on any atom is -0.351 e. The summed E-state index contributed by atoms with van der Waals surface area (Å²) < 4.78 is 0. The van der Waals surface area contributed by atoms with Crippen LogP contribution in [0.1, 0.15) is 27.0 Å². The molecule has 0 aliphatic rings. The van der Waals surface area contributed by atoms with Crippen molar-refractivity contribution in [2.24, 2.45) is 0 Å². The van der Waals surface area contributed by atoms with Crippen LogP contribution in [0, 0.1) is 0 Å². The molecule has 0 spiro atoms. The van der Waals surface area contributed by atoms with Crippen molar-refractivity contribution in [1.82, 2.24) is 10.2 Å². The average molecular weight is 409 g/mol. The second-order valence-electron chi connectivity index (χ2n) is 7.99. The van der Waals surface area contributed by atoms with Gasteiger partial charge in [-0.05, 0) is 53.1 Å². The SMILES string of the molecule is CN(CCNC(=O)c1ccccc1)Cc1ccccc1Cc1ccc2ccccc2c1. The molecule has 1 N–H and O–H groups in total. The molecule has 4 rings (SSSR count). The Hall–Kier alpha value is -3.43. The summed E-state index contributed by atoms with van der Waals surface area (Å²) in [5.74, 6) is -0.0225. The van der Waals surface area contributed by atoms with Gasteiger partial charge in [0.2, 0.25) is 0 Å². The summed E-state index contributed by atoms with van der Waals surface area (Å²) in [6.45, 7) is 2.27. The molecule has 3 nitrogen and oxygen atoms in total. The highest BCUT2D eigenvalue weighted by atomic mass is 16.1. The zero-order valence-electron chi connectivity index (χ0n) is 17.9. The first-order valence-electron chi connectivity index (χ1n) is 10.8. The van der Waals surface area contributed by atoms with Gasteiger partial charge in [0, 0.05) is 25.2 Å². The van der Waals surface area contributed by atoms with Crippen molar-refractivity contribution in [3.05, 3.63) is 119 Å². The molecule has 0 saturated heterocycles. The highest BCUT2D eigenvalue weighted by molar-refractivity contribution is 5.94. The molecule has 1 amide bonds. The molecule has 31 heavy (non-hydrogen) atoms. The molecule has 0 aliphatic heterocycles. The molecular weight excluding hydrogens is 380 g/mol. The summed E-state index contributed by atoms with van der Waals surface area (Å²) in [6.07, 6.45) is 0.916. The quantitative estimate of drug-likeness (QED) is 0.429. The number of benzene rings is 4. The van der Waals surface area contributed by atoms with E-state index in [1.165, 1.54) is 27.5 Å². The molecule has 0 radical (unpaired) electrons. The van der Waals surface area contributed by atoms with Crippen LogP contribution >= 0.6 is 0 Å². The van der Waals surface area contributed by atoms with E-state index in [0.717, 1.165) is 19.5 Å². The van der Waals surface area contributed by atoms with Crippen molar-refractivity contribution in [3.8, 4) is 0 Å². The number of carbonyl (C=O) groups excluding carboxylic acids is 1. The lowest BCUT2D eigenvalue weighted by atomic mass is 9.97. The van der Waals surface area contributed by atoms with E-state index in [1.807, 2.05) is 30.3 Å². The fourth-order valence-electron chi connectivity index (χ4n) is 3.87. The van der Waals surface area contributed by atoms with Gasteiger partial charge >= 0.3 is 0 Å². The summed E-state index contributed by atoms with van der Waals surface area (Å²) in [7, 11) is 2.10. The molecule has 0 aromatic heterocycles. The van der Waals surface area contributed by atoms with Crippen molar-refractivity contribution >= 4 is 16.7 Å². The van der Waals surface area contributed by atoms with E-state index in [1.54, 1.807) is 0 Å². The predicted molar refractivity (Wildman–Crippen MR) is 128 cm³/mol. The van der Waals surface area contributed by atoms with Crippen LogP contribution in [0.4, 0.5) is 0 Å². The zero-order chi connectivity index (χ0) is 21.5. The first-order chi connectivity index (χ1) is 15.2. The molecule has 0 heterocycles. The third kappa shape index (κ3) is 5.59. The van der Waals surface area contributed by atoms with Crippen molar-refractivity contribution < 1.29 is 4.79 Å². The Morgan fingerprint density at radius 2 is 1.45 bits per heavy atom. The maximum atomic E-state index is 12.2. The summed E-state index contributed by atoms with van der Waals surface area (Å²) in [6, 6.07) is 33.2. The minimum absolute atomic E-state index is 0.0225. The monoisotopic (exact) mass is 408 g/mol. The average Bonchev–Trinajstić information content (AvgIpc) is 2.81. The van der Waals surface area contributed by atoms with Crippen LogP contribution in [0.3, 0.4) is 0 Å². The molecular formula is C28H28N2O. The number of amides is 1. The molecule has 4 aromatic rings. The smallest absolute Gasteiger partial charge is 0.251 e. The van der Waals surface area contributed by atoms with Gasteiger partial charge in [-0.1, -0.05) is 84.9 Å². The highest BCUT2D eigenvalue weighted by Gasteiger charge is 2.08. The van der Waals surface area contributed by atoms with E-state index in [-0.39, 0.29) is 5.91 Å². The highest BCUT2D eigenvalue weighted by Crippen LogP contribution is 2.20. The summed E-state index contributed by atoms with van der Waals surface area (Å²) in [4.78, 5) is 14.5. The van der Waals surface area contributed by atoms with Gasteiger partial charge in [-0.15, -0.1) is 0 Å². The van der Waals surface area contributed by atoms with Gasteiger partial charge in [0.1, 0.15) is 0 Å². The number of rotatable bonds is 8. The Morgan fingerprint density at radius 1 is 0.774 bits per heavy atom. The van der Waals surface area contributed by atoms with E-state index >= 15 is 0 Å². The van der Waals surface area contributed by atoms with Gasteiger partial charge < -0.3 is 10.2 Å². The number of hydrogen-bond donors (Lipinski definition) is 1. The summed E-state index contributed by atoms with van der Waals surface area (Å²) in [5, 5.41) is 5.56. The number of nitrogens with one attached hydrogen (secondary N) is 1. The van der Waals surface area contributed by atoms with Crippen LogP contribution in [0.25, 0.3) is 10.8 Å². The van der Waals surface area contributed by atoms with Crippen LogP contribution in [-0.4, -0.2) is 30.9 Å². The second-order valence-corrected chi connectivity index (χ2v) is 7.99. The maximum Gasteiger partial charge on any atom is 0.251 e. The van der Waals surface area contributed by atoms with Gasteiger partial charge in [0.05, 0.1) is 0 Å². The van der Waals surface area contributed by atoms with Gasteiger partial charge in [0.25, 0.3) is 5.91 Å². The molecule has 0 aliphatic carbocycles. The lowest BCUT2D eigenvalue weighted by molar-refractivity contribution is 0.0949. The molecule has 0 fully saturated rings.